The van der Waals surface area contributed by atoms with Crippen LogP contribution in [0.3, 0.4) is 0 Å². The minimum atomic E-state index is -0.428. The molecule has 0 spiro atoms. The maximum atomic E-state index is 12.7. The first-order valence-corrected chi connectivity index (χ1v) is 8.73. The van der Waals surface area contributed by atoms with Crippen LogP contribution in [0.1, 0.15) is 41.1 Å². The highest BCUT2D eigenvalue weighted by Gasteiger charge is 2.33. The molecule has 1 aliphatic carbocycles. The van der Waals surface area contributed by atoms with Crippen molar-refractivity contribution in [2.45, 2.75) is 38.1 Å². The van der Waals surface area contributed by atoms with Gasteiger partial charge in [0.2, 0.25) is 11.8 Å². The Labute approximate surface area is 147 Å². The predicted octanol–water partition coefficient (Wildman–Crippen LogP) is 2.34. The molecule has 2 amide bonds. The number of hydrogen-bond donors (Lipinski definition) is 1. The lowest BCUT2D eigenvalue weighted by molar-refractivity contribution is -0.127. The first-order chi connectivity index (χ1) is 12.1. The molecule has 4 rings (SSSR count). The van der Waals surface area contributed by atoms with Crippen LogP contribution < -0.4 is 10.2 Å². The van der Waals surface area contributed by atoms with E-state index in [4.69, 9.17) is 0 Å². The highest BCUT2D eigenvalue weighted by Crippen LogP contribution is 2.35. The molecule has 5 heteroatoms. The van der Waals surface area contributed by atoms with E-state index in [-0.39, 0.29) is 18.2 Å². The van der Waals surface area contributed by atoms with Gasteiger partial charge in [-0.15, -0.1) is 0 Å². The standard InChI is InChI=1S/C20H21N3O2/c1-23-18-8-3-2-6-15(18)16(10-19(23)24)20(25)22-12-13-9-14-5-4-7-17(14)21-11-13/h2-3,6,8-9,11,16H,4-5,7,10,12H2,1H3,(H,22,25). The molecule has 1 aliphatic heterocycles. The molecule has 1 N–H and O–H groups in total. The van der Waals surface area contributed by atoms with Gasteiger partial charge in [0, 0.05) is 37.6 Å². The first-order valence-electron chi connectivity index (χ1n) is 8.73. The van der Waals surface area contributed by atoms with E-state index in [9.17, 15) is 9.59 Å². The number of carbonyl (C=O) groups is 2. The number of aromatic nitrogens is 1. The summed E-state index contributed by atoms with van der Waals surface area (Å²) in [6.07, 6.45) is 5.34. The molecule has 1 unspecified atom stereocenters. The molecule has 25 heavy (non-hydrogen) atoms. The van der Waals surface area contributed by atoms with Gasteiger partial charge in [0.15, 0.2) is 0 Å². The highest BCUT2D eigenvalue weighted by molar-refractivity contribution is 6.02. The molecule has 1 atom stereocenters. The third-order valence-corrected chi connectivity index (χ3v) is 5.19. The van der Waals surface area contributed by atoms with Crippen LogP contribution >= 0.6 is 0 Å². The Morgan fingerprint density at radius 2 is 2.16 bits per heavy atom. The van der Waals surface area contributed by atoms with E-state index >= 15 is 0 Å². The van der Waals surface area contributed by atoms with E-state index in [1.807, 2.05) is 30.5 Å². The Bertz CT molecular complexity index is 847. The van der Waals surface area contributed by atoms with Crippen LogP contribution in [0.4, 0.5) is 5.69 Å². The van der Waals surface area contributed by atoms with Crippen molar-refractivity contribution in [1.82, 2.24) is 10.3 Å². The van der Waals surface area contributed by atoms with E-state index in [0.29, 0.717) is 6.54 Å². The van der Waals surface area contributed by atoms with Crippen LogP contribution in [0.25, 0.3) is 0 Å². The average molecular weight is 335 g/mol. The van der Waals surface area contributed by atoms with E-state index < -0.39 is 5.92 Å². The highest BCUT2D eigenvalue weighted by atomic mass is 16.2. The summed E-state index contributed by atoms with van der Waals surface area (Å²) in [5, 5.41) is 2.99. The molecular weight excluding hydrogens is 314 g/mol. The van der Waals surface area contributed by atoms with Gasteiger partial charge in [0.05, 0.1) is 5.92 Å². The van der Waals surface area contributed by atoms with Crippen molar-refractivity contribution in [2.75, 3.05) is 11.9 Å². The number of fused-ring (bicyclic) bond motifs is 2. The molecule has 0 bridgehead atoms. The molecule has 1 aromatic heterocycles. The molecule has 0 fully saturated rings. The summed E-state index contributed by atoms with van der Waals surface area (Å²) >= 11 is 0. The minimum absolute atomic E-state index is 0.0296. The quantitative estimate of drug-likeness (QED) is 0.936. The number of rotatable bonds is 3. The van der Waals surface area contributed by atoms with Gasteiger partial charge in [-0.05, 0) is 42.0 Å². The first kappa shape index (κ1) is 15.8. The summed E-state index contributed by atoms with van der Waals surface area (Å²) < 4.78 is 0. The Morgan fingerprint density at radius 1 is 1.32 bits per heavy atom. The molecule has 1 aromatic carbocycles. The number of anilines is 1. The van der Waals surface area contributed by atoms with Crippen molar-refractivity contribution in [3.8, 4) is 0 Å². The Morgan fingerprint density at radius 3 is 3.04 bits per heavy atom. The van der Waals surface area contributed by atoms with Gasteiger partial charge in [0.25, 0.3) is 0 Å². The fourth-order valence-corrected chi connectivity index (χ4v) is 3.76. The second kappa shape index (κ2) is 6.31. The second-order valence-corrected chi connectivity index (χ2v) is 6.79. The van der Waals surface area contributed by atoms with E-state index in [0.717, 1.165) is 36.1 Å². The lowest BCUT2D eigenvalue weighted by Gasteiger charge is -2.30. The molecular formula is C20H21N3O2. The number of aryl methyl sites for hydroxylation is 2. The van der Waals surface area contributed by atoms with Crippen LogP contribution in [-0.2, 0) is 29.0 Å². The zero-order valence-electron chi connectivity index (χ0n) is 14.3. The largest absolute Gasteiger partial charge is 0.351 e. The van der Waals surface area contributed by atoms with Crippen LogP contribution in [0.15, 0.2) is 36.5 Å². The van der Waals surface area contributed by atoms with E-state index in [1.54, 1.807) is 11.9 Å². The normalized spacial score (nSPS) is 18.7. The van der Waals surface area contributed by atoms with E-state index in [1.165, 1.54) is 11.3 Å². The van der Waals surface area contributed by atoms with Gasteiger partial charge in [0.1, 0.15) is 0 Å². The van der Waals surface area contributed by atoms with Crippen LogP contribution in [0.5, 0.6) is 0 Å². The predicted molar refractivity (Wildman–Crippen MR) is 95.3 cm³/mol. The number of para-hydroxylation sites is 1. The Hall–Kier alpha value is -2.69. The maximum Gasteiger partial charge on any atom is 0.228 e. The van der Waals surface area contributed by atoms with Crippen molar-refractivity contribution in [1.29, 1.82) is 0 Å². The molecule has 5 nitrogen and oxygen atoms in total. The molecule has 0 saturated heterocycles. The molecule has 0 saturated carbocycles. The fraction of sp³-hybridized carbons (Fsp3) is 0.350. The van der Waals surface area contributed by atoms with Crippen LogP contribution in [0, 0.1) is 0 Å². The van der Waals surface area contributed by atoms with Gasteiger partial charge in [-0.3, -0.25) is 14.6 Å². The summed E-state index contributed by atoms with van der Waals surface area (Å²) in [5.74, 6) is -0.560. The lowest BCUT2D eigenvalue weighted by Crippen LogP contribution is -2.39. The van der Waals surface area contributed by atoms with Crippen molar-refractivity contribution in [2.24, 2.45) is 0 Å². The van der Waals surface area contributed by atoms with E-state index in [2.05, 4.69) is 16.4 Å². The van der Waals surface area contributed by atoms with Crippen molar-refractivity contribution in [3.05, 3.63) is 58.9 Å². The summed E-state index contributed by atoms with van der Waals surface area (Å²) in [4.78, 5) is 31.1. The third-order valence-electron chi connectivity index (χ3n) is 5.19. The second-order valence-electron chi connectivity index (χ2n) is 6.79. The Kier molecular flexibility index (Phi) is 3.99. The Balaban J connectivity index is 1.50. The molecule has 2 heterocycles. The third kappa shape index (κ3) is 2.90. The zero-order chi connectivity index (χ0) is 17.4. The average Bonchev–Trinajstić information content (AvgIpc) is 3.10. The molecule has 2 aromatic rings. The number of amides is 2. The zero-order valence-corrected chi connectivity index (χ0v) is 14.3. The van der Waals surface area contributed by atoms with Gasteiger partial charge in [-0.25, -0.2) is 0 Å². The summed E-state index contributed by atoms with van der Waals surface area (Å²) in [6, 6.07) is 9.76. The number of nitrogens with one attached hydrogen (secondary N) is 1. The number of nitrogens with zero attached hydrogens (tertiary/aromatic N) is 2. The van der Waals surface area contributed by atoms with Gasteiger partial charge in [-0.1, -0.05) is 24.3 Å². The molecule has 2 aliphatic rings. The minimum Gasteiger partial charge on any atom is -0.351 e. The van der Waals surface area contributed by atoms with Crippen molar-refractivity contribution >= 4 is 17.5 Å². The number of benzene rings is 1. The lowest BCUT2D eigenvalue weighted by atomic mass is 9.89. The number of carbonyl (C=O) groups excluding carboxylic acids is 2. The van der Waals surface area contributed by atoms with Gasteiger partial charge in [-0.2, -0.15) is 0 Å². The molecule has 0 radical (unpaired) electrons. The van der Waals surface area contributed by atoms with Gasteiger partial charge >= 0.3 is 0 Å². The monoisotopic (exact) mass is 335 g/mol. The topological polar surface area (TPSA) is 62.3 Å². The SMILES string of the molecule is CN1C(=O)CC(C(=O)NCc2cnc3c(c2)CCC3)c2ccccc21. The number of hydrogen-bond acceptors (Lipinski definition) is 3. The summed E-state index contributed by atoms with van der Waals surface area (Å²) in [5.41, 5.74) is 5.23. The molecule has 128 valence electrons. The van der Waals surface area contributed by atoms with Crippen LogP contribution in [-0.4, -0.2) is 23.8 Å². The maximum absolute atomic E-state index is 12.7. The smallest absolute Gasteiger partial charge is 0.228 e. The fourth-order valence-electron chi connectivity index (χ4n) is 3.76. The van der Waals surface area contributed by atoms with Crippen molar-refractivity contribution in [3.63, 3.8) is 0 Å². The van der Waals surface area contributed by atoms with Crippen LogP contribution in [0.2, 0.25) is 0 Å². The van der Waals surface area contributed by atoms with Crippen molar-refractivity contribution < 1.29 is 9.59 Å². The summed E-state index contributed by atoms with van der Waals surface area (Å²) in [7, 11) is 1.76. The van der Waals surface area contributed by atoms with Gasteiger partial charge < -0.3 is 10.2 Å². The summed E-state index contributed by atoms with van der Waals surface area (Å²) in [6.45, 7) is 0.446. The number of pyridine rings is 1.